The minimum atomic E-state index is -3.08. The van der Waals surface area contributed by atoms with Crippen molar-refractivity contribution in [2.45, 2.75) is 19.4 Å². The summed E-state index contributed by atoms with van der Waals surface area (Å²) in [4.78, 5) is 0. The van der Waals surface area contributed by atoms with Crippen molar-refractivity contribution in [1.82, 2.24) is 10.0 Å². The number of sulfonamides is 1. The molecule has 0 aliphatic heterocycles. The monoisotopic (exact) mass is 256 g/mol. The number of nitrogens with one attached hydrogen (secondary N) is 2. The largest absolute Gasteiger partial charge is 0.309 e. The third-order valence-electron chi connectivity index (χ3n) is 2.49. The molecule has 2 N–H and O–H groups in total. The molecule has 96 valence electrons. The van der Waals surface area contributed by atoms with Gasteiger partial charge in [-0.1, -0.05) is 37.3 Å². The fourth-order valence-electron chi connectivity index (χ4n) is 1.67. The third-order valence-corrected chi connectivity index (χ3v) is 3.22. The first-order valence-corrected chi connectivity index (χ1v) is 7.65. The van der Waals surface area contributed by atoms with Crippen LogP contribution in [0, 0.1) is 0 Å². The van der Waals surface area contributed by atoms with E-state index in [2.05, 4.69) is 29.1 Å². The van der Waals surface area contributed by atoms with Crippen molar-refractivity contribution in [1.29, 1.82) is 0 Å². The molecule has 1 rings (SSSR count). The lowest BCUT2D eigenvalue weighted by atomic mass is 10.1. The SMILES string of the molecule is CCC(NCCNS(C)(=O)=O)c1ccccc1. The Morgan fingerprint density at radius 2 is 1.82 bits per heavy atom. The smallest absolute Gasteiger partial charge is 0.208 e. The van der Waals surface area contributed by atoms with E-state index in [0.717, 1.165) is 6.42 Å². The van der Waals surface area contributed by atoms with Gasteiger partial charge < -0.3 is 5.32 Å². The molecule has 0 aliphatic carbocycles. The van der Waals surface area contributed by atoms with E-state index >= 15 is 0 Å². The molecule has 0 aromatic heterocycles. The Labute approximate surface area is 103 Å². The fourth-order valence-corrected chi connectivity index (χ4v) is 2.14. The molecule has 0 bridgehead atoms. The average Bonchev–Trinajstić information content (AvgIpc) is 2.29. The van der Waals surface area contributed by atoms with Gasteiger partial charge in [-0.25, -0.2) is 13.1 Å². The molecule has 0 saturated carbocycles. The molecule has 17 heavy (non-hydrogen) atoms. The van der Waals surface area contributed by atoms with Gasteiger partial charge in [0.15, 0.2) is 0 Å². The molecule has 5 heteroatoms. The fraction of sp³-hybridized carbons (Fsp3) is 0.500. The third kappa shape index (κ3) is 5.81. The Balaban J connectivity index is 2.39. The zero-order valence-corrected chi connectivity index (χ0v) is 11.1. The summed E-state index contributed by atoms with van der Waals surface area (Å²) in [5, 5.41) is 3.33. The highest BCUT2D eigenvalue weighted by atomic mass is 32.2. The summed E-state index contributed by atoms with van der Waals surface area (Å²) >= 11 is 0. The first-order chi connectivity index (χ1) is 8.03. The predicted molar refractivity (Wildman–Crippen MR) is 70.3 cm³/mol. The second kappa shape index (κ2) is 6.74. The normalized spacial score (nSPS) is 13.5. The van der Waals surface area contributed by atoms with Crippen molar-refractivity contribution >= 4 is 10.0 Å². The minimum absolute atomic E-state index is 0.276. The van der Waals surface area contributed by atoms with Crippen LogP contribution < -0.4 is 10.0 Å². The van der Waals surface area contributed by atoms with Crippen molar-refractivity contribution in [3.05, 3.63) is 35.9 Å². The number of rotatable bonds is 7. The van der Waals surface area contributed by atoms with Crippen molar-refractivity contribution in [2.24, 2.45) is 0 Å². The molecule has 0 fully saturated rings. The molecular formula is C12H20N2O2S. The molecule has 0 amide bonds. The van der Waals surface area contributed by atoms with E-state index in [4.69, 9.17) is 0 Å². The molecule has 0 radical (unpaired) electrons. The quantitative estimate of drug-likeness (QED) is 0.722. The van der Waals surface area contributed by atoms with Gasteiger partial charge in [0, 0.05) is 19.1 Å². The van der Waals surface area contributed by atoms with E-state index in [9.17, 15) is 8.42 Å². The number of benzene rings is 1. The summed E-state index contributed by atoms with van der Waals surface area (Å²) in [6.45, 7) is 3.15. The topological polar surface area (TPSA) is 58.2 Å². The lowest BCUT2D eigenvalue weighted by Gasteiger charge is -2.17. The van der Waals surface area contributed by atoms with Gasteiger partial charge in [-0.05, 0) is 12.0 Å². The summed E-state index contributed by atoms with van der Waals surface area (Å²) in [7, 11) is -3.08. The minimum Gasteiger partial charge on any atom is -0.309 e. The van der Waals surface area contributed by atoms with Crippen LogP contribution in [0.3, 0.4) is 0 Å². The van der Waals surface area contributed by atoms with Crippen LogP contribution in [0.15, 0.2) is 30.3 Å². The first-order valence-electron chi connectivity index (χ1n) is 5.76. The lowest BCUT2D eigenvalue weighted by molar-refractivity contribution is 0.516. The second-order valence-electron chi connectivity index (χ2n) is 3.99. The molecule has 0 aliphatic rings. The molecule has 0 saturated heterocycles. The van der Waals surface area contributed by atoms with Crippen LogP contribution in [0.1, 0.15) is 24.9 Å². The lowest BCUT2D eigenvalue weighted by Crippen LogP contribution is -2.32. The van der Waals surface area contributed by atoms with Gasteiger partial charge in [0.1, 0.15) is 0 Å². The van der Waals surface area contributed by atoms with Crippen LogP contribution in [0.2, 0.25) is 0 Å². The van der Waals surface area contributed by atoms with E-state index < -0.39 is 10.0 Å². The van der Waals surface area contributed by atoms with Crippen LogP contribution in [-0.4, -0.2) is 27.8 Å². The van der Waals surface area contributed by atoms with E-state index in [1.54, 1.807) is 0 Å². The van der Waals surface area contributed by atoms with Crippen LogP contribution >= 0.6 is 0 Å². The molecule has 4 nitrogen and oxygen atoms in total. The first kappa shape index (κ1) is 14.2. The van der Waals surface area contributed by atoms with Gasteiger partial charge in [0.05, 0.1) is 6.26 Å². The molecule has 1 unspecified atom stereocenters. The standard InChI is InChI=1S/C12H20N2O2S/c1-3-12(11-7-5-4-6-8-11)13-9-10-14-17(2,15)16/h4-8,12-14H,3,9-10H2,1-2H3. The number of hydrogen-bond acceptors (Lipinski definition) is 3. The predicted octanol–water partition coefficient (Wildman–Crippen LogP) is 1.28. The highest BCUT2D eigenvalue weighted by Gasteiger charge is 2.07. The number of hydrogen-bond donors (Lipinski definition) is 2. The Hall–Kier alpha value is -0.910. The van der Waals surface area contributed by atoms with Gasteiger partial charge in [0.25, 0.3) is 0 Å². The van der Waals surface area contributed by atoms with Crippen LogP contribution in [0.25, 0.3) is 0 Å². The van der Waals surface area contributed by atoms with Crippen LogP contribution in [-0.2, 0) is 10.0 Å². The van der Waals surface area contributed by atoms with Crippen molar-refractivity contribution in [3.8, 4) is 0 Å². The molecular weight excluding hydrogens is 236 g/mol. The van der Waals surface area contributed by atoms with Crippen molar-refractivity contribution in [3.63, 3.8) is 0 Å². The Morgan fingerprint density at radius 3 is 2.35 bits per heavy atom. The van der Waals surface area contributed by atoms with Gasteiger partial charge in [0.2, 0.25) is 10.0 Å². The highest BCUT2D eigenvalue weighted by molar-refractivity contribution is 7.88. The van der Waals surface area contributed by atoms with E-state index in [1.165, 1.54) is 11.8 Å². The van der Waals surface area contributed by atoms with Crippen LogP contribution in [0.4, 0.5) is 0 Å². The summed E-state index contributed by atoms with van der Waals surface area (Å²) in [5.41, 5.74) is 1.23. The van der Waals surface area contributed by atoms with Crippen LogP contribution in [0.5, 0.6) is 0 Å². The Kier molecular flexibility index (Phi) is 5.61. The molecule has 1 aromatic rings. The molecule has 1 atom stereocenters. The van der Waals surface area contributed by atoms with E-state index in [-0.39, 0.29) is 6.04 Å². The molecule has 0 spiro atoms. The molecule has 1 aromatic carbocycles. The maximum Gasteiger partial charge on any atom is 0.208 e. The Morgan fingerprint density at radius 1 is 1.18 bits per heavy atom. The van der Waals surface area contributed by atoms with E-state index in [1.807, 2.05) is 18.2 Å². The van der Waals surface area contributed by atoms with E-state index in [0.29, 0.717) is 13.1 Å². The molecule has 0 heterocycles. The maximum atomic E-state index is 10.9. The zero-order valence-electron chi connectivity index (χ0n) is 10.3. The summed E-state index contributed by atoms with van der Waals surface area (Å²) in [5.74, 6) is 0. The Bertz CT molecular complexity index is 417. The second-order valence-corrected chi connectivity index (χ2v) is 5.83. The van der Waals surface area contributed by atoms with Gasteiger partial charge in [-0.2, -0.15) is 0 Å². The van der Waals surface area contributed by atoms with Crippen molar-refractivity contribution < 1.29 is 8.42 Å². The average molecular weight is 256 g/mol. The highest BCUT2D eigenvalue weighted by Crippen LogP contribution is 2.14. The van der Waals surface area contributed by atoms with Gasteiger partial charge in [-0.15, -0.1) is 0 Å². The van der Waals surface area contributed by atoms with Crippen molar-refractivity contribution in [2.75, 3.05) is 19.3 Å². The van der Waals surface area contributed by atoms with Gasteiger partial charge >= 0.3 is 0 Å². The zero-order chi connectivity index (χ0) is 12.7. The maximum absolute atomic E-state index is 10.9. The summed E-state index contributed by atoms with van der Waals surface area (Å²) in [6, 6.07) is 10.4. The van der Waals surface area contributed by atoms with Gasteiger partial charge in [-0.3, -0.25) is 0 Å². The summed E-state index contributed by atoms with van der Waals surface area (Å²) in [6.07, 6.45) is 2.14. The summed E-state index contributed by atoms with van der Waals surface area (Å²) < 4.78 is 24.2.